The highest BCUT2D eigenvalue weighted by Gasteiger charge is 2.32. The summed E-state index contributed by atoms with van der Waals surface area (Å²) >= 11 is 0. The van der Waals surface area contributed by atoms with Gasteiger partial charge in [-0.25, -0.2) is 8.78 Å². The van der Waals surface area contributed by atoms with Crippen LogP contribution >= 0.6 is 0 Å². The van der Waals surface area contributed by atoms with Crippen LogP contribution in [0, 0.1) is 25.5 Å². The van der Waals surface area contributed by atoms with Gasteiger partial charge in [-0.05, 0) is 84.6 Å². The second-order valence-electron chi connectivity index (χ2n) is 11.0. The highest BCUT2D eigenvalue weighted by atomic mass is 19.1. The van der Waals surface area contributed by atoms with Gasteiger partial charge in [0.2, 0.25) is 5.91 Å². The van der Waals surface area contributed by atoms with Gasteiger partial charge in [0.05, 0.1) is 12.5 Å². The van der Waals surface area contributed by atoms with E-state index < -0.39 is 47.6 Å². The van der Waals surface area contributed by atoms with Crippen LogP contribution in [0.2, 0.25) is 0 Å². The van der Waals surface area contributed by atoms with E-state index in [1.165, 1.54) is 24.4 Å². The number of aromatic nitrogens is 1. The summed E-state index contributed by atoms with van der Waals surface area (Å²) in [5, 5.41) is 12.5. The van der Waals surface area contributed by atoms with Gasteiger partial charge in [-0.1, -0.05) is 42.5 Å². The van der Waals surface area contributed by atoms with E-state index in [-0.39, 0.29) is 28.0 Å². The summed E-state index contributed by atoms with van der Waals surface area (Å²) in [7, 11) is 0. The fourth-order valence-corrected chi connectivity index (χ4v) is 5.84. The van der Waals surface area contributed by atoms with Crippen LogP contribution in [0.25, 0.3) is 22.3 Å². The molecule has 2 heterocycles. The molecule has 4 aromatic carbocycles. The third kappa shape index (κ3) is 5.60. The van der Waals surface area contributed by atoms with E-state index in [9.17, 15) is 19.5 Å². The zero-order chi connectivity index (χ0) is 31.8. The molecule has 0 spiro atoms. The van der Waals surface area contributed by atoms with Gasteiger partial charge in [-0.2, -0.15) is 0 Å². The van der Waals surface area contributed by atoms with Crippen LogP contribution in [0.15, 0.2) is 102 Å². The van der Waals surface area contributed by atoms with Crippen LogP contribution < -0.4 is 15.6 Å². The zero-order valence-corrected chi connectivity index (χ0v) is 24.4. The first-order valence-electron chi connectivity index (χ1n) is 14.3. The molecule has 0 saturated carbocycles. The molecule has 5 aromatic rings. The number of hydrogen-bond donors (Lipinski definition) is 2. The smallest absolute Gasteiger partial charge is 0.305 e. The van der Waals surface area contributed by atoms with E-state index in [2.05, 4.69) is 5.32 Å². The van der Waals surface area contributed by atoms with E-state index in [1.807, 2.05) is 13.0 Å². The van der Waals surface area contributed by atoms with Crippen molar-refractivity contribution in [2.24, 2.45) is 0 Å². The van der Waals surface area contributed by atoms with E-state index >= 15 is 8.78 Å². The van der Waals surface area contributed by atoms with Gasteiger partial charge in [-0.15, -0.1) is 0 Å². The van der Waals surface area contributed by atoms with Gasteiger partial charge in [0.15, 0.2) is 0 Å². The molecule has 226 valence electrons. The summed E-state index contributed by atoms with van der Waals surface area (Å²) in [4.78, 5) is 40.2. The van der Waals surface area contributed by atoms with Crippen LogP contribution in [-0.2, 0) is 9.59 Å². The summed E-state index contributed by atoms with van der Waals surface area (Å²) in [5.74, 6) is -3.10. The third-order valence-corrected chi connectivity index (χ3v) is 7.95. The van der Waals surface area contributed by atoms with Crippen molar-refractivity contribution in [3.05, 3.63) is 141 Å². The zero-order valence-electron chi connectivity index (χ0n) is 24.4. The minimum Gasteiger partial charge on any atom is -0.481 e. The lowest BCUT2D eigenvalue weighted by molar-refractivity contribution is -0.137. The van der Waals surface area contributed by atoms with Crippen molar-refractivity contribution in [1.29, 1.82) is 0 Å². The SMILES string of the molecule is Cc1cc2cc(c1F)[C@@H](CC(=O)O)NC(=O)[C@@H](n1cccc(-c3ccccc3)c1=O)c1cc(ccc1F)Oc1cccc(C)c1-2. The van der Waals surface area contributed by atoms with Crippen molar-refractivity contribution in [2.45, 2.75) is 32.4 Å². The molecular weight excluding hydrogens is 578 g/mol. The van der Waals surface area contributed by atoms with Crippen LogP contribution in [0.5, 0.6) is 11.5 Å². The Morgan fingerprint density at radius 2 is 1.64 bits per heavy atom. The highest BCUT2D eigenvalue weighted by Crippen LogP contribution is 2.40. The molecule has 1 aromatic heterocycles. The van der Waals surface area contributed by atoms with E-state index in [4.69, 9.17) is 4.74 Å². The minimum atomic E-state index is -1.61. The summed E-state index contributed by atoms with van der Waals surface area (Å²) in [6, 6.07) is 21.4. The molecule has 0 fully saturated rings. The van der Waals surface area contributed by atoms with Crippen LogP contribution in [-0.4, -0.2) is 21.6 Å². The Hall–Kier alpha value is -5.57. The first-order chi connectivity index (χ1) is 21.6. The molecule has 7 nitrogen and oxygen atoms in total. The number of fused-ring (bicyclic) bond motifs is 6. The number of pyridine rings is 1. The number of nitrogens with zero attached hydrogens (tertiary/aromatic N) is 1. The number of carboxylic acid groups (broad SMARTS) is 1. The number of aryl methyl sites for hydroxylation is 2. The number of ether oxygens (including phenoxy) is 1. The van der Waals surface area contributed by atoms with Crippen molar-refractivity contribution in [2.75, 3.05) is 0 Å². The van der Waals surface area contributed by atoms with Gasteiger partial charge in [-0.3, -0.25) is 19.0 Å². The summed E-state index contributed by atoms with van der Waals surface area (Å²) in [6.45, 7) is 3.40. The molecule has 2 N–H and O–H groups in total. The van der Waals surface area contributed by atoms with Gasteiger partial charge in [0, 0.05) is 28.5 Å². The van der Waals surface area contributed by atoms with Crippen molar-refractivity contribution < 1.29 is 28.2 Å². The topological polar surface area (TPSA) is 97.6 Å². The molecule has 1 amide bonds. The van der Waals surface area contributed by atoms with Gasteiger partial charge < -0.3 is 15.2 Å². The number of carboxylic acids is 1. The summed E-state index contributed by atoms with van der Waals surface area (Å²) in [6.07, 6.45) is 0.692. The second-order valence-corrected chi connectivity index (χ2v) is 11.0. The van der Waals surface area contributed by atoms with E-state index in [0.29, 0.717) is 22.4 Å². The molecule has 0 aliphatic carbocycles. The fourth-order valence-electron chi connectivity index (χ4n) is 5.84. The lowest BCUT2D eigenvalue weighted by Gasteiger charge is -2.25. The molecule has 1 aliphatic rings. The monoisotopic (exact) mass is 606 g/mol. The maximum Gasteiger partial charge on any atom is 0.305 e. The third-order valence-electron chi connectivity index (χ3n) is 7.95. The Morgan fingerprint density at radius 1 is 0.867 bits per heavy atom. The van der Waals surface area contributed by atoms with Crippen LogP contribution in [0.4, 0.5) is 8.78 Å². The summed E-state index contributed by atoms with van der Waals surface area (Å²) in [5.41, 5.74) is 2.20. The number of rotatable bonds is 4. The lowest BCUT2D eigenvalue weighted by Crippen LogP contribution is -2.41. The molecule has 2 atom stereocenters. The van der Waals surface area contributed by atoms with Crippen molar-refractivity contribution >= 4 is 11.9 Å². The average molecular weight is 607 g/mol. The van der Waals surface area contributed by atoms with E-state index in [0.717, 1.165) is 16.2 Å². The quantitative estimate of drug-likeness (QED) is 0.227. The van der Waals surface area contributed by atoms with E-state index in [1.54, 1.807) is 67.6 Å². The van der Waals surface area contributed by atoms with Crippen LogP contribution in [0.3, 0.4) is 0 Å². The Morgan fingerprint density at radius 3 is 2.40 bits per heavy atom. The number of halogens is 2. The largest absolute Gasteiger partial charge is 0.481 e. The molecule has 9 heteroatoms. The van der Waals surface area contributed by atoms with Gasteiger partial charge in [0.1, 0.15) is 29.2 Å². The Bertz CT molecular complexity index is 2020. The Balaban J connectivity index is 1.63. The van der Waals surface area contributed by atoms with Crippen molar-refractivity contribution in [1.82, 2.24) is 9.88 Å². The maximum atomic E-state index is 15.8. The van der Waals surface area contributed by atoms with Crippen molar-refractivity contribution in [3.63, 3.8) is 0 Å². The first-order valence-corrected chi connectivity index (χ1v) is 14.3. The average Bonchev–Trinajstić information content (AvgIpc) is 3.01. The van der Waals surface area contributed by atoms with Gasteiger partial charge in [0.25, 0.3) is 5.56 Å². The Labute approximate surface area is 257 Å². The number of amides is 1. The molecule has 4 bridgehead atoms. The molecular formula is C36H28F2N2O5. The normalized spacial score (nSPS) is 15.9. The molecule has 0 radical (unpaired) electrons. The number of aliphatic carboxylic acids is 1. The summed E-state index contributed by atoms with van der Waals surface area (Å²) < 4.78 is 38.9. The number of nitrogens with one attached hydrogen (secondary N) is 1. The van der Waals surface area contributed by atoms with Crippen molar-refractivity contribution in [3.8, 4) is 33.8 Å². The molecule has 1 aliphatic heterocycles. The fraction of sp³-hybridized carbons (Fsp3) is 0.139. The second kappa shape index (κ2) is 11.8. The highest BCUT2D eigenvalue weighted by molar-refractivity contribution is 5.85. The maximum absolute atomic E-state index is 15.8. The number of carbonyl (C=O) groups is 2. The minimum absolute atomic E-state index is 0.0643. The number of hydrogen-bond acceptors (Lipinski definition) is 4. The molecule has 45 heavy (non-hydrogen) atoms. The predicted molar refractivity (Wildman–Crippen MR) is 165 cm³/mol. The van der Waals surface area contributed by atoms with Crippen LogP contribution in [0.1, 0.15) is 40.8 Å². The Kier molecular flexibility index (Phi) is 7.76. The first kappa shape index (κ1) is 29.5. The standard InChI is InChI=1S/C36H28F2N2O5/c1-20-8-6-12-30-32(20)23-16-21(2)33(38)27(17-23)29(19-31(41)42)39-35(43)34(26-18-24(45-30)13-14-28(26)37)40-15-7-11-25(36(40)44)22-9-4-3-5-10-22/h3-18,29,34H,19H2,1-2H3,(H,39,43)(H,41,42)/t29-,34+/m1/s1. The number of carbonyl (C=O) groups excluding carboxylic acids is 1. The van der Waals surface area contributed by atoms with Gasteiger partial charge >= 0.3 is 5.97 Å². The molecule has 0 saturated heterocycles. The number of benzene rings is 4. The predicted octanol–water partition coefficient (Wildman–Crippen LogP) is 7.10. The molecule has 6 rings (SSSR count). The molecule has 0 unspecified atom stereocenters. The lowest BCUT2D eigenvalue weighted by atomic mass is 9.92.